The van der Waals surface area contributed by atoms with Gasteiger partial charge in [-0.15, -0.1) is 0 Å². The van der Waals surface area contributed by atoms with E-state index in [-0.39, 0.29) is 19.1 Å². The van der Waals surface area contributed by atoms with E-state index >= 15 is 0 Å². The zero-order valence-electron chi connectivity index (χ0n) is 16.4. The molecule has 0 saturated carbocycles. The SMILES string of the molecule is O=C(OCC(=O)N1CCC(Cc2ccccc2)CC1)C1=Cc2ccccc2OC1. The average Bonchev–Trinajstić information content (AvgIpc) is 2.78. The van der Waals surface area contributed by atoms with Crippen LogP contribution in [0, 0.1) is 5.92 Å². The first-order valence-electron chi connectivity index (χ1n) is 10.1. The van der Waals surface area contributed by atoms with Gasteiger partial charge in [-0.2, -0.15) is 0 Å². The fourth-order valence-electron chi connectivity index (χ4n) is 3.88. The summed E-state index contributed by atoms with van der Waals surface area (Å²) < 4.78 is 10.8. The van der Waals surface area contributed by atoms with Gasteiger partial charge in [-0.3, -0.25) is 4.79 Å². The Kier molecular flexibility index (Phi) is 5.94. The third kappa shape index (κ3) is 4.86. The minimum Gasteiger partial charge on any atom is -0.488 e. The van der Waals surface area contributed by atoms with Crippen LogP contribution in [0.5, 0.6) is 5.75 Å². The Bertz CT molecular complexity index is 898. The first-order chi connectivity index (χ1) is 14.2. The largest absolute Gasteiger partial charge is 0.488 e. The maximum absolute atomic E-state index is 12.4. The summed E-state index contributed by atoms with van der Waals surface area (Å²) in [5, 5.41) is 0. The van der Waals surface area contributed by atoms with Crippen LogP contribution >= 0.6 is 0 Å². The molecular weight excluding hydrogens is 366 g/mol. The number of ether oxygens (including phenoxy) is 2. The summed E-state index contributed by atoms with van der Waals surface area (Å²) in [6, 6.07) is 18.0. The number of rotatable bonds is 5. The number of nitrogens with zero attached hydrogens (tertiary/aromatic N) is 1. The van der Waals surface area contributed by atoms with Crippen molar-refractivity contribution in [2.45, 2.75) is 19.3 Å². The van der Waals surface area contributed by atoms with Gasteiger partial charge in [-0.1, -0.05) is 48.5 Å². The number of carbonyl (C=O) groups excluding carboxylic acids is 2. The van der Waals surface area contributed by atoms with E-state index in [4.69, 9.17) is 9.47 Å². The van der Waals surface area contributed by atoms with Crippen molar-refractivity contribution in [2.75, 3.05) is 26.3 Å². The molecule has 0 aromatic heterocycles. The summed E-state index contributed by atoms with van der Waals surface area (Å²) in [5.41, 5.74) is 2.62. The van der Waals surface area contributed by atoms with E-state index in [1.165, 1.54) is 5.56 Å². The van der Waals surface area contributed by atoms with E-state index < -0.39 is 5.97 Å². The van der Waals surface area contributed by atoms with Crippen molar-refractivity contribution in [2.24, 2.45) is 5.92 Å². The molecule has 0 aliphatic carbocycles. The Morgan fingerprint density at radius 1 is 1.00 bits per heavy atom. The number of esters is 1. The van der Waals surface area contributed by atoms with E-state index in [0.717, 1.165) is 30.6 Å². The van der Waals surface area contributed by atoms with E-state index in [9.17, 15) is 9.59 Å². The van der Waals surface area contributed by atoms with E-state index in [2.05, 4.69) is 24.3 Å². The number of para-hydroxylation sites is 1. The quantitative estimate of drug-likeness (QED) is 0.732. The number of hydrogen-bond acceptors (Lipinski definition) is 4. The second-order valence-electron chi connectivity index (χ2n) is 7.59. The lowest BCUT2D eigenvalue weighted by molar-refractivity contribution is -0.149. The third-order valence-corrected chi connectivity index (χ3v) is 5.56. The standard InChI is InChI=1S/C24H25NO4/c26-23(25-12-10-19(11-13-25)14-18-6-2-1-3-7-18)17-29-24(27)21-15-20-8-4-5-9-22(20)28-16-21/h1-9,15,19H,10-14,16-17H2. The van der Waals surface area contributed by atoms with Crippen LogP contribution in [0.1, 0.15) is 24.0 Å². The highest BCUT2D eigenvalue weighted by Gasteiger charge is 2.25. The molecule has 2 aromatic rings. The minimum absolute atomic E-state index is 0.130. The molecule has 0 radical (unpaired) electrons. The van der Waals surface area contributed by atoms with E-state index in [1.807, 2.05) is 30.3 Å². The highest BCUT2D eigenvalue weighted by Crippen LogP contribution is 2.26. The first-order valence-corrected chi connectivity index (χ1v) is 10.1. The number of benzene rings is 2. The van der Waals surface area contributed by atoms with Gasteiger partial charge in [0, 0.05) is 18.7 Å². The molecular formula is C24H25NO4. The van der Waals surface area contributed by atoms with Crippen molar-refractivity contribution >= 4 is 18.0 Å². The molecule has 1 amide bonds. The second-order valence-corrected chi connectivity index (χ2v) is 7.59. The van der Waals surface area contributed by atoms with Crippen LogP contribution in [-0.2, 0) is 20.7 Å². The Morgan fingerprint density at radius 2 is 1.72 bits per heavy atom. The van der Waals surface area contributed by atoms with Gasteiger partial charge in [0.2, 0.25) is 0 Å². The predicted octanol–water partition coefficient (Wildman–Crippen LogP) is 3.49. The topological polar surface area (TPSA) is 55.8 Å². The van der Waals surface area contributed by atoms with Gasteiger partial charge in [0.05, 0.1) is 5.57 Å². The Balaban J connectivity index is 1.23. The lowest BCUT2D eigenvalue weighted by atomic mass is 9.90. The molecule has 0 spiro atoms. The van der Waals surface area contributed by atoms with E-state index in [1.54, 1.807) is 11.0 Å². The maximum atomic E-state index is 12.4. The summed E-state index contributed by atoms with van der Waals surface area (Å²) in [7, 11) is 0. The molecule has 29 heavy (non-hydrogen) atoms. The molecule has 4 rings (SSSR count). The normalized spacial score (nSPS) is 16.4. The maximum Gasteiger partial charge on any atom is 0.338 e. The highest BCUT2D eigenvalue weighted by molar-refractivity contribution is 5.96. The summed E-state index contributed by atoms with van der Waals surface area (Å²) in [4.78, 5) is 26.6. The van der Waals surface area contributed by atoms with Crippen molar-refractivity contribution < 1.29 is 19.1 Å². The monoisotopic (exact) mass is 391 g/mol. The summed E-state index contributed by atoms with van der Waals surface area (Å²) in [6.07, 6.45) is 4.77. The van der Waals surface area contributed by atoms with Crippen molar-refractivity contribution in [3.05, 3.63) is 71.3 Å². The number of piperidine rings is 1. The molecule has 2 heterocycles. The van der Waals surface area contributed by atoms with Crippen molar-refractivity contribution in [1.29, 1.82) is 0 Å². The van der Waals surface area contributed by atoms with E-state index in [0.29, 0.717) is 24.6 Å². The summed E-state index contributed by atoms with van der Waals surface area (Å²) in [5.74, 6) is 0.716. The van der Waals surface area contributed by atoms with Crippen LogP contribution in [0.25, 0.3) is 6.08 Å². The molecule has 150 valence electrons. The zero-order valence-corrected chi connectivity index (χ0v) is 16.4. The van der Waals surface area contributed by atoms with Crippen molar-refractivity contribution in [1.82, 2.24) is 4.90 Å². The Morgan fingerprint density at radius 3 is 2.52 bits per heavy atom. The van der Waals surface area contributed by atoms with Crippen LogP contribution in [0.4, 0.5) is 0 Å². The minimum atomic E-state index is -0.494. The fraction of sp³-hybridized carbons (Fsp3) is 0.333. The molecule has 2 aliphatic rings. The molecule has 1 saturated heterocycles. The number of hydrogen-bond donors (Lipinski definition) is 0. The Hall–Kier alpha value is -3.08. The average molecular weight is 391 g/mol. The van der Waals surface area contributed by atoms with Crippen LogP contribution in [0.15, 0.2) is 60.2 Å². The molecule has 2 aliphatic heterocycles. The fourth-order valence-corrected chi connectivity index (χ4v) is 3.88. The second kappa shape index (κ2) is 8.95. The van der Waals surface area contributed by atoms with Gasteiger partial charge in [0.1, 0.15) is 12.4 Å². The highest BCUT2D eigenvalue weighted by atomic mass is 16.5. The number of likely N-dealkylation sites (tertiary alicyclic amines) is 1. The zero-order chi connectivity index (χ0) is 20.1. The molecule has 0 unspecified atom stereocenters. The molecule has 0 bridgehead atoms. The number of amides is 1. The molecule has 0 atom stereocenters. The lowest BCUT2D eigenvalue weighted by Crippen LogP contribution is -2.41. The van der Waals surface area contributed by atoms with Crippen LogP contribution in [0.2, 0.25) is 0 Å². The van der Waals surface area contributed by atoms with Gasteiger partial charge in [0.15, 0.2) is 6.61 Å². The smallest absolute Gasteiger partial charge is 0.338 e. The molecule has 5 nitrogen and oxygen atoms in total. The lowest BCUT2D eigenvalue weighted by Gasteiger charge is -2.32. The Labute approximate surface area is 170 Å². The van der Waals surface area contributed by atoms with Crippen molar-refractivity contribution in [3.8, 4) is 5.75 Å². The van der Waals surface area contributed by atoms with Crippen LogP contribution in [-0.4, -0.2) is 43.1 Å². The molecule has 0 N–H and O–H groups in total. The van der Waals surface area contributed by atoms with Gasteiger partial charge < -0.3 is 14.4 Å². The van der Waals surface area contributed by atoms with Crippen LogP contribution < -0.4 is 4.74 Å². The number of carbonyl (C=O) groups is 2. The van der Waals surface area contributed by atoms with Crippen LogP contribution in [0.3, 0.4) is 0 Å². The predicted molar refractivity (Wildman–Crippen MR) is 110 cm³/mol. The molecule has 5 heteroatoms. The molecule has 2 aromatic carbocycles. The van der Waals surface area contributed by atoms with Gasteiger partial charge in [-0.25, -0.2) is 4.79 Å². The third-order valence-electron chi connectivity index (χ3n) is 5.56. The number of fused-ring (bicyclic) bond motifs is 1. The molecule has 1 fully saturated rings. The van der Waals surface area contributed by atoms with Gasteiger partial charge in [0.25, 0.3) is 5.91 Å². The first kappa shape index (κ1) is 19.2. The summed E-state index contributed by atoms with van der Waals surface area (Å²) >= 11 is 0. The van der Waals surface area contributed by atoms with Gasteiger partial charge >= 0.3 is 5.97 Å². The van der Waals surface area contributed by atoms with Gasteiger partial charge in [-0.05, 0) is 42.9 Å². The summed E-state index contributed by atoms with van der Waals surface area (Å²) in [6.45, 7) is 1.37. The van der Waals surface area contributed by atoms with Crippen molar-refractivity contribution in [3.63, 3.8) is 0 Å².